The molecule has 2 atom stereocenters. The number of rotatable bonds is 5. The third-order valence-corrected chi connectivity index (χ3v) is 4.60. The Hall–Kier alpha value is -1.79. The van der Waals surface area contributed by atoms with E-state index in [-0.39, 0.29) is 18.4 Å². The number of likely N-dealkylation sites (tertiary alicyclic amines) is 1. The predicted octanol–water partition coefficient (Wildman–Crippen LogP) is 1.95. The van der Waals surface area contributed by atoms with E-state index in [4.69, 9.17) is 0 Å². The van der Waals surface area contributed by atoms with E-state index in [2.05, 4.69) is 10.00 Å². The zero-order valence-corrected chi connectivity index (χ0v) is 13.1. The molecular formula is C17H21F2N3O. The van der Waals surface area contributed by atoms with Gasteiger partial charge < -0.3 is 10.0 Å². The Morgan fingerprint density at radius 3 is 2.74 bits per heavy atom. The Labute approximate surface area is 134 Å². The van der Waals surface area contributed by atoms with Crippen molar-refractivity contribution in [2.45, 2.75) is 12.3 Å². The van der Waals surface area contributed by atoms with Gasteiger partial charge in [0.2, 0.25) is 0 Å². The van der Waals surface area contributed by atoms with Gasteiger partial charge in [-0.15, -0.1) is 0 Å². The molecule has 23 heavy (non-hydrogen) atoms. The minimum Gasteiger partial charge on any atom is -0.396 e. The molecule has 0 amide bonds. The molecule has 2 heterocycles. The molecule has 0 unspecified atom stereocenters. The van der Waals surface area contributed by atoms with E-state index in [1.165, 1.54) is 12.1 Å². The molecule has 1 aromatic carbocycles. The van der Waals surface area contributed by atoms with Gasteiger partial charge in [0, 0.05) is 51.3 Å². The van der Waals surface area contributed by atoms with Crippen molar-refractivity contribution in [3.63, 3.8) is 0 Å². The lowest BCUT2D eigenvalue weighted by molar-refractivity contribution is 0.215. The van der Waals surface area contributed by atoms with Gasteiger partial charge in [-0.05, 0) is 29.7 Å². The van der Waals surface area contributed by atoms with Crippen LogP contribution in [0.4, 0.5) is 8.78 Å². The highest BCUT2D eigenvalue weighted by atomic mass is 19.2. The van der Waals surface area contributed by atoms with E-state index < -0.39 is 11.6 Å². The average Bonchev–Trinajstić information content (AvgIpc) is 3.14. The van der Waals surface area contributed by atoms with Crippen LogP contribution < -0.4 is 0 Å². The summed E-state index contributed by atoms with van der Waals surface area (Å²) >= 11 is 0. The summed E-state index contributed by atoms with van der Waals surface area (Å²) in [5.41, 5.74) is 1.93. The van der Waals surface area contributed by atoms with Gasteiger partial charge >= 0.3 is 0 Å². The van der Waals surface area contributed by atoms with Crippen LogP contribution in [-0.2, 0) is 13.5 Å². The first-order chi connectivity index (χ1) is 11.1. The Bertz CT molecular complexity index is 674. The number of hydrogen-bond donors (Lipinski definition) is 1. The van der Waals surface area contributed by atoms with Gasteiger partial charge in [0.25, 0.3) is 0 Å². The fraction of sp³-hybridized carbons (Fsp3) is 0.471. The zero-order chi connectivity index (χ0) is 16.4. The number of nitrogens with zero attached hydrogens (tertiary/aromatic N) is 3. The van der Waals surface area contributed by atoms with Gasteiger partial charge in [0.1, 0.15) is 0 Å². The van der Waals surface area contributed by atoms with Crippen molar-refractivity contribution >= 4 is 0 Å². The summed E-state index contributed by atoms with van der Waals surface area (Å²) < 4.78 is 28.0. The summed E-state index contributed by atoms with van der Waals surface area (Å²) in [5, 5.41) is 13.8. The van der Waals surface area contributed by atoms with Gasteiger partial charge in [-0.2, -0.15) is 5.10 Å². The maximum Gasteiger partial charge on any atom is 0.159 e. The van der Waals surface area contributed by atoms with Crippen molar-refractivity contribution in [3.8, 4) is 0 Å². The first-order valence-corrected chi connectivity index (χ1v) is 7.82. The molecule has 1 fully saturated rings. The molecule has 4 nitrogen and oxygen atoms in total. The lowest BCUT2D eigenvalue weighted by Crippen LogP contribution is -2.24. The molecule has 0 spiro atoms. The molecule has 1 saturated heterocycles. The van der Waals surface area contributed by atoms with E-state index >= 15 is 0 Å². The van der Waals surface area contributed by atoms with E-state index in [1.807, 2.05) is 19.4 Å². The van der Waals surface area contributed by atoms with Gasteiger partial charge in [-0.3, -0.25) is 4.68 Å². The van der Waals surface area contributed by atoms with Crippen LogP contribution in [0.25, 0.3) is 0 Å². The Morgan fingerprint density at radius 2 is 2.09 bits per heavy atom. The number of benzene rings is 1. The minimum absolute atomic E-state index is 0.140. The molecular weight excluding hydrogens is 300 g/mol. The highest BCUT2D eigenvalue weighted by molar-refractivity contribution is 5.19. The Balaban J connectivity index is 1.62. The summed E-state index contributed by atoms with van der Waals surface area (Å²) in [6.07, 6.45) is 4.51. The first kappa shape index (κ1) is 16.1. The molecule has 2 aromatic rings. The molecule has 1 N–H and O–H groups in total. The molecule has 0 radical (unpaired) electrons. The maximum absolute atomic E-state index is 13.3. The van der Waals surface area contributed by atoms with Crippen LogP contribution >= 0.6 is 0 Å². The molecule has 1 aliphatic rings. The van der Waals surface area contributed by atoms with Gasteiger partial charge in [-0.25, -0.2) is 8.78 Å². The Morgan fingerprint density at radius 1 is 1.26 bits per heavy atom. The van der Waals surface area contributed by atoms with Crippen LogP contribution in [0.2, 0.25) is 0 Å². The highest BCUT2D eigenvalue weighted by Crippen LogP contribution is 2.32. The van der Waals surface area contributed by atoms with Crippen molar-refractivity contribution in [1.29, 1.82) is 0 Å². The van der Waals surface area contributed by atoms with Crippen LogP contribution in [0.5, 0.6) is 0 Å². The molecule has 1 aliphatic heterocycles. The lowest BCUT2D eigenvalue weighted by atomic mass is 9.92. The van der Waals surface area contributed by atoms with Crippen molar-refractivity contribution in [2.24, 2.45) is 13.0 Å². The zero-order valence-electron chi connectivity index (χ0n) is 13.1. The second kappa shape index (κ2) is 6.76. The van der Waals surface area contributed by atoms with E-state index in [9.17, 15) is 13.9 Å². The number of aliphatic hydroxyl groups excluding tert-OH is 1. The summed E-state index contributed by atoms with van der Waals surface area (Å²) in [6.45, 7) is 2.56. The van der Waals surface area contributed by atoms with Crippen LogP contribution in [-0.4, -0.2) is 46.0 Å². The van der Waals surface area contributed by atoms with Crippen LogP contribution in [0, 0.1) is 17.6 Å². The van der Waals surface area contributed by atoms with E-state index in [1.54, 1.807) is 10.7 Å². The maximum atomic E-state index is 13.3. The number of halogens is 2. The average molecular weight is 321 g/mol. The fourth-order valence-electron chi connectivity index (χ4n) is 3.32. The van der Waals surface area contributed by atoms with Crippen molar-refractivity contribution in [1.82, 2.24) is 14.7 Å². The monoisotopic (exact) mass is 321 g/mol. The fourth-order valence-corrected chi connectivity index (χ4v) is 3.32. The number of hydrogen-bond acceptors (Lipinski definition) is 3. The normalized spacial score (nSPS) is 21.9. The molecule has 124 valence electrons. The summed E-state index contributed by atoms with van der Waals surface area (Å²) in [5.74, 6) is -1.17. The molecule has 0 aliphatic carbocycles. The van der Waals surface area contributed by atoms with Crippen molar-refractivity contribution in [3.05, 3.63) is 53.4 Å². The second-order valence-corrected chi connectivity index (χ2v) is 6.25. The first-order valence-electron chi connectivity index (χ1n) is 7.82. The van der Waals surface area contributed by atoms with Crippen molar-refractivity contribution < 1.29 is 13.9 Å². The largest absolute Gasteiger partial charge is 0.396 e. The van der Waals surface area contributed by atoms with Gasteiger partial charge in [-0.1, -0.05) is 6.07 Å². The Kier molecular flexibility index (Phi) is 4.73. The summed E-state index contributed by atoms with van der Waals surface area (Å²) in [4.78, 5) is 2.26. The van der Waals surface area contributed by atoms with E-state index in [0.717, 1.165) is 30.8 Å². The quantitative estimate of drug-likeness (QED) is 0.915. The van der Waals surface area contributed by atoms with Crippen LogP contribution in [0.15, 0.2) is 30.6 Å². The second-order valence-electron chi connectivity index (χ2n) is 6.25. The summed E-state index contributed by atoms with van der Waals surface area (Å²) in [6, 6.07) is 4.05. The molecule has 1 aromatic heterocycles. The summed E-state index contributed by atoms with van der Waals surface area (Å²) in [7, 11) is 1.88. The molecule has 6 heteroatoms. The van der Waals surface area contributed by atoms with Crippen LogP contribution in [0.1, 0.15) is 17.0 Å². The topological polar surface area (TPSA) is 41.3 Å². The third kappa shape index (κ3) is 3.59. The van der Waals surface area contributed by atoms with Gasteiger partial charge in [0.05, 0.1) is 6.20 Å². The predicted molar refractivity (Wildman–Crippen MR) is 83.0 cm³/mol. The van der Waals surface area contributed by atoms with Crippen LogP contribution in [0.3, 0.4) is 0 Å². The third-order valence-electron chi connectivity index (χ3n) is 4.60. The standard InChI is InChI=1S/C17H21F2N3O/c1-21-8-13(7-20-21)15-10-22(9-14(15)11-23)5-4-12-2-3-16(18)17(19)6-12/h2-3,6-8,14-15,23H,4-5,9-11H2,1H3/t14-,15-/m0/s1. The van der Waals surface area contributed by atoms with Gasteiger partial charge in [0.15, 0.2) is 11.6 Å². The minimum atomic E-state index is -0.813. The molecule has 3 rings (SSSR count). The van der Waals surface area contributed by atoms with Crippen molar-refractivity contribution in [2.75, 3.05) is 26.2 Å². The molecule has 0 bridgehead atoms. The van der Waals surface area contributed by atoms with E-state index in [0.29, 0.717) is 6.42 Å². The number of aryl methyl sites for hydroxylation is 1. The number of aromatic nitrogens is 2. The molecule has 0 saturated carbocycles. The number of aliphatic hydroxyl groups is 1. The lowest BCUT2D eigenvalue weighted by Gasteiger charge is -2.15. The highest BCUT2D eigenvalue weighted by Gasteiger charge is 2.33. The smallest absolute Gasteiger partial charge is 0.159 e. The SMILES string of the molecule is Cn1cc([C@@H]2CN(CCc3ccc(F)c(F)c3)C[C@H]2CO)cn1.